The molecule has 5 N–H and O–H groups in total. The van der Waals surface area contributed by atoms with Gasteiger partial charge in [0.1, 0.15) is 52.6 Å². The van der Waals surface area contributed by atoms with Crippen LogP contribution in [0.15, 0.2) is 224 Å². The fourth-order valence-electron chi connectivity index (χ4n) is 16.2. The summed E-state index contributed by atoms with van der Waals surface area (Å²) in [7, 11) is 0. The number of para-hydroxylation sites is 4. The molecule has 626 valence electrons. The van der Waals surface area contributed by atoms with Crippen LogP contribution in [-0.4, -0.2) is 169 Å². The molecule has 6 fully saturated rings. The SMILES string of the molecule is Fc1ccc(CNc2nc(N3CCN(Cc4ccccc4)CC3)nc3ccccc23)cc1.O=C(C1CC1)N1CCN(c2nc(NCc3ccc(F)cc3)c3ccccc3n2)CC1.O=C(C1CCCCC1)N1CCN(c2nc(NCc3ccc(F)cc3)c3ccccc3n2)CC1.O=C(O)C1CCCN1c1nc(NCc2ccc(F)cc2)c2ccccc2n1. The van der Waals surface area contributed by atoms with Gasteiger partial charge in [0, 0.05) is 151 Å². The Morgan fingerprint density at radius 2 is 0.623 bits per heavy atom. The number of anilines is 8. The first-order chi connectivity index (χ1) is 59.7. The first-order valence-electron chi connectivity index (χ1n) is 42.3. The lowest BCUT2D eigenvalue weighted by molar-refractivity contribution is -0.138. The van der Waals surface area contributed by atoms with E-state index in [0.29, 0.717) is 101 Å². The van der Waals surface area contributed by atoms with Crippen LogP contribution in [0.25, 0.3) is 43.6 Å². The average molecular weight is 1650 g/mol. The molecule has 4 saturated heterocycles. The molecule has 9 aromatic carbocycles. The molecule has 1 unspecified atom stereocenters. The maximum absolute atomic E-state index is 13.2. The molecule has 0 radical (unpaired) electrons. The van der Waals surface area contributed by atoms with E-state index in [1.165, 1.54) is 73.4 Å². The number of carboxylic acid groups (broad SMARTS) is 1. The maximum Gasteiger partial charge on any atom is 0.326 e. The van der Waals surface area contributed by atoms with Gasteiger partial charge < -0.3 is 55.8 Å². The van der Waals surface area contributed by atoms with Gasteiger partial charge in [-0.3, -0.25) is 14.5 Å². The Hall–Kier alpha value is -13.2. The lowest BCUT2D eigenvalue weighted by atomic mass is 9.88. The summed E-state index contributed by atoms with van der Waals surface area (Å²) in [5.41, 5.74) is 8.66. The van der Waals surface area contributed by atoms with E-state index in [2.05, 4.69) is 81.2 Å². The van der Waals surface area contributed by atoms with Crippen molar-refractivity contribution in [2.24, 2.45) is 11.8 Å². The number of hydrogen-bond donors (Lipinski definition) is 5. The van der Waals surface area contributed by atoms with Crippen LogP contribution in [0, 0.1) is 35.1 Å². The second kappa shape index (κ2) is 39.4. The quantitative estimate of drug-likeness (QED) is 0.0420. The number of carbonyl (C=O) groups is 3. The second-order valence-corrected chi connectivity index (χ2v) is 31.6. The van der Waals surface area contributed by atoms with E-state index in [1.54, 1.807) is 53.4 Å². The number of benzene rings is 9. The van der Waals surface area contributed by atoms with Crippen molar-refractivity contribution in [1.82, 2.24) is 54.6 Å². The number of hydrogen-bond acceptors (Lipinski definition) is 20. The number of nitrogens with zero attached hydrogens (tertiary/aromatic N) is 15. The molecule has 2 saturated carbocycles. The van der Waals surface area contributed by atoms with Crippen LogP contribution in [0.4, 0.5) is 64.6 Å². The highest BCUT2D eigenvalue weighted by Crippen LogP contribution is 2.35. The molecule has 2 amide bonds. The summed E-state index contributed by atoms with van der Waals surface area (Å²) in [6, 6.07) is 67.3. The van der Waals surface area contributed by atoms with Gasteiger partial charge in [-0.05, 0) is 163 Å². The van der Waals surface area contributed by atoms with E-state index >= 15 is 0 Å². The fraction of sp³-hybridized carbons (Fsp3) is 0.316. The first-order valence-corrected chi connectivity index (χ1v) is 42.3. The third kappa shape index (κ3) is 21.2. The molecular formula is C95H99F4N19O4. The van der Waals surface area contributed by atoms with E-state index in [0.717, 1.165) is 180 Å². The van der Waals surface area contributed by atoms with Gasteiger partial charge in [-0.25, -0.2) is 42.3 Å². The van der Waals surface area contributed by atoms with Crippen molar-refractivity contribution >= 4 is 108 Å². The van der Waals surface area contributed by atoms with Gasteiger partial charge in [-0.1, -0.05) is 147 Å². The van der Waals surface area contributed by atoms with E-state index in [4.69, 9.17) is 29.9 Å². The molecule has 1 atom stereocenters. The lowest BCUT2D eigenvalue weighted by Gasteiger charge is -2.37. The van der Waals surface area contributed by atoms with Crippen LogP contribution in [0.3, 0.4) is 0 Å². The Morgan fingerprint density at radius 1 is 0.311 bits per heavy atom. The van der Waals surface area contributed by atoms with Crippen LogP contribution in [0.2, 0.25) is 0 Å². The molecule has 23 nitrogen and oxygen atoms in total. The third-order valence-corrected chi connectivity index (χ3v) is 23.2. The summed E-state index contributed by atoms with van der Waals surface area (Å²) in [5, 5.41) is 26.7. The molecule has 13 aromatic rings. The van der Waals surface area contributed by atoms with Crippen LogP contribution < -0.4 is 40.9 Å². The molecule has 4 aromatic heterocycles. The van der Waals surface area contributed by atoms with E-state index in [-0.39, 0.29) is 35.1 Å². The van der Waals surface area contributed by atoms with Crippen molar-refractivity contribution in [3.63, 3.8) is 0 Å². The number of amides is 2. The van der Waals surface area contributed by atoms with E-state index in [1.807, 2.05) is 107 Å². The lowest BCUT2D eigenvalue weighted by Crippen LogP contribution is -2.51. The highest BCUT2D eigenvalue weighted by molar-refractivity contribution is 5.93. The number of nitrogens with one attached hydrogen (secondary N) is 4. The van der Waals surface area contributed by atoms with Crippen LogP contribution in [0.5, 0.6) is 0 Å². The highest BCUT2D eigenvalue weighted by atomic mass is 19.1. The van der Waals surface area contributed by atoms with Gasteiger partial charge in [0.2, 0.25) is 35.6 Å². The number of aromatic nitrogens is 8. The minimum Gasteiger partial charge on any atom is -0.480 e. The zero-order valence-electron chi connectivity index (χ0n) is 68.1. The number of piperazine rings is 3. The van der Waals surface area contributed by atoms with Gasteiger partial charge in [0.15, 0.2) is 0 Å². The molecule has 0 bridgehead atoms. The molecule has 19 rings (SSSR count). The predicted octanol–water partition coefficient (Wildman–Crippen LogP) is 16.2. The van der Waals surface area contributed by atoms with Crippen LogP contribution in [-0.2, 0) is 47.1 Å². The predicted molar refractivity (Wildman–Crippen MR) is 472 cm³/mol. The normalized spacial score (nSPS) is 16.3. The third-order valence-electron chi connectivity index (χ3n) is 23.2. The fourth-order valence-corrected chi connectivity index (χ4v) is 16.2. The summed E-state index contributed by atoms with van der Waals surface area (Å²) in [6.45, 7) is 13.2. The standard InChI is InChI=1S/C26H30FN5O.C26H26FN5.C23H24FN5O.C20H19FN4O2/c27-21-12-10-19(11-13-21)18-28-24-22-8-4-5-9-23(22)29-26(30-24)32-16-14-31(15-17-32)25(33)20-6-2-1-3-7-20;27-22-12-10-20(11-13-22)18-28-25-23-8-4-5-9-24(23)29-26(30-25)32-16-14-31(15-17-32)19-21-6-2-1-3-7-21;24-18-9-5-16(6-10-18)15-25-21-19-3-1-2-4-20(19)26-23(27-21)29-13-11-28(12-14-29)22(30)17-7-8-17;21-14-9-7-13(8-10-14)12-22-18-15-4-1-2-5-16(15)23-20(24-18)25-11-3-6-17(25)19(26)27/h4-5,8-13,20H,1-3,6-7,14-18H2,(H,28,29,30);1-13H,14-19H2,(H,28,29,30);1-6,9-10,17H,7-8,11-15H2,(H,25,26,27);1-2,4-5,7-10,17H,3,6,11-12H2,(H,26,27)(H,22,23,24). The monoisotopic (exact) mass is 1650 g/mol. The van der Waals surface area contributed by atoms with Crippen molar-refractivity contribution in [3.05, 3.63) is 276 Å². The van der Waals surface area contributed by atoms with Crippen molar-refractivity contribution in [2.75, 3.05) is 126 Å². The molecule has 4 aliphatic heterocycles. The number of rotatable bonds is 21. The highest BCUT2D eigenvalue weighted by Gasteiger charge is 2.36. The van der Waals surface area contributed by atoms with Crippen molar-refractivity contribution in [2.45, 2.75) is 96.6 Å². The Bertz CT molecular complexity index is 5720. The van der Waals surface area contributed by atoms with Gasteiger partial charge in [-0.2, -0.15) is 19.9 Å². The zero-order valence-corrected chi connectivity index (χ0v) is 68.1. The van der Waals surface area contributed by atoms with Gasteiger partial charge in [0.25, 0.3) is 0 Å². The minimum absolute atomic E-state index is 0.212. The van der Waals surface area contributed by atoms with Crippen LogP contribution in [0.1, 0.15) is 85.6 Å². The Balaban J connectivity index is 0.000000121. The number of fused-ring (bicyclic) bond motifs is 4. The molecular weight excluding hydrogens is 1550 g/mol. The summed E-state index contributed by atoms with van der Waals surface area (Å²) >= 11 is 0. The Labute approximate surface area is 706 Å². The summed E-state index contributed by atoms with van der Waals surface area (Å²) < 4.78 is 52.7. The number of carboxylic acids is 1. The minimum atomic E-state index is -0.856. The smallest absolute Gasteiger partial charge is 0.326 e. The second-order valence-electron chi connectivity index (χ2n) is 31.6. The summed E-state index contributed by atoms with van der Waals surface area (Å²) in [4.78, 5) is 89.7. The Morgan fingerprint density at radius 3 is 0.967 bits per heavy atom. The molecule has 6 aliphatic rings. The molecule has 122 heavy (non-hydrogen) atoms. The largest absolute Gasteiger partial charge is 0.480 e. The van der Waals surface area contributed by atoms with Gasteiger partial charge in [-0.15, -0.1) is 0 Å². The average Bonchev–Trinajstić information content (AvgIpc) is 1.32. The maximum atomic E-state index is 13.2. The van der Waals surface area contributed by atoms with Gasteiger partial charge >= 0.3 is 5.97 Å². The molecule has 27 heteroatoms. The molecule has 8 heterocycles. The zero-order chi connectivity index (χ0) is 83.7. The molecule has 0 spiro atoms. The Kier molecular flexibility index (Phi) is 26.6. The summed E-state index contributed by atoms with van der Waals surface area (Å²) in [5.74, 6) is 4.75. The molecule has 2 aliphatic carbocycles. The van der Waals surface area contributed by atoms with Gasteiger partial charge in [0.05, 0.1) is 22.1 Å². The van der Waals surface area contributed by atoms with Crippen molar-refractivity contribution in [3.8, 4) is 0 Å². The number of carbonyl (C=O) groups excluding carboxylic acids is 2. The van der Waals surface area contributed by atoms with E-state index < -0.39 is 12.0 Å². The first kappa shape index (κ1) is 82.5. The topological polar surface area (TPSA) is 245 Å². The van der Waals surface area contributed by atoms with Crippen molar-refractivity contribution < 1.29 is 37.1 Å². The van der Waals surface area contributed by atoms with Crippen molar-refractivity contribution in [1.29, 1.82) is 0 Å². The number of halogens is 4. The van der Waals surface area contributed by atoms with E-state index in [9.17, 15) is 37.1 Å². The summed E-state index contributed by atoms with van der Waals surface area (Å²) in [6.07, 6.45) is 9.14. The van der Waals surface area contributed by atoms with Crippen LogP contribution >= 0.6 is 0 Å². The number of aliphatic carboxylic acids is 1.